The third-order valence-electron chi connectivity index (χ3n) is 3.81. The Kier molecular flexibility index (Phi) is 7.09. The van der Waals surface area contributed by atoms with Crippen LogP contribution in [0.15, 0.2) is 0 Å². The number of aliphatic hydroxyl groups is 1. The Balaban J connectivity index is 2.35. The third kappa shape index (κ3) is 5.36. The normalized spacial score (nSPS) is 24.9. The Morgan fingerprint density at radius 2 is 2.06 bits per heavy atom. The molecule has 0 spiro atoms. The summed E-state index contributed by atoms with van der Waals surface area (Å²) >= 11 is 0. The number of hydrogen-bond donors (Lipinski definition) is 2. The van der Waals surface area contributed by atoms with E-state index >= 15 is 0 Å². The van der Waals surface area contributed by atoms with E-state index in [0.717, 1.165) is 0 Å². The molecule has 3 heteroatoms. The molecule has 0 saturated carbocycles. The zero-order valence-corrected chi connectivity index (χ0v) is 11.8. The molecule has 17 heavy (non-hydrogen) atoms. The van der Waals surface area contributed by atoms with Gasteiger partial charge in [0, 0.05) is 12.1 Å². The van der Waals surface area contributed by atoms with Crippen molar-refractivity contribution in [3.8, 4) is 0 Å². The smallest absolute Gasteiger partial charge is 0.0587 e. The maximum absolute atomic E-state index is 9.36. The maximum atomic E-state index is 9.36. The van der Waals surface area contributed by atoms with Gasteiger partial charge in [-0.1, -0.05) is 20.8 Å². The van der Waals surface area contributed by atoms with Crippen molar-refractivity contribution in [3.05, 3.63) is 0 Å². The quantitative estimate of drug-likeness (QED) is 0.746. The minimum atomic E-state index is 0.257. The molecule has 1 saturated heterocycles. The van der Waals surface area contributed by atoms with Gasteiger partial charge in [-0.15, -0.1) is 0 Å². The second kappa shape index (κ2) is 8.06. The number of aliphatic hydroxyl groups excluding tert-OH is 1. The summed E-state index contributed by atoms with van der Waals surface area (Å²) in [4.78, 5) is 2.57. The van der Waals surface area contributed by atoms with Crippen LogP contribution < -0.4 is 5.32 Å². The molecule has 0 aromatic rings. The van der Waals surface area contributed by atoms with E-state index in [4.69, 9.17) is 0 Å². The van der Waals surface area contributed by atoms with Crippen LogP contribution in [-0.2, 0) is 0 Å². The molecule has 0 amide bonds. The summed E-state index contributed by atoms with van der Waals surface area (Å²) in [7, 11) is 0. The van der Waals surface area contributed by atoms with E-state index in [9.17, 15) is 5.11 Å². The number of rotatable bonds is 6. The Hall–Kier alpha value is -0.120. The Morgan fingerprint density at radius 1 is 1.29 bits per heavy atom. The summed E-state index contributed by atoms with van der Waals surface area (Å²) in [6, 6.07) is 0.856. The van der Waals surface area contributed by atoms with Gasteiger partial charge in [0.15, 0.2) is 0 Å². The predicted molar refractivity (Wildman–Crippen MR) is 73.2 cm³/mol. The fraction of sp³-hybridized carbons (Fsp3) is 1.00. The highest BCUT2D eigenvalue weighted by Crippen LogP contribution is 2.13. The van der Waals surface area contributed by atoms with Crippen LogP contribution in [0.1, 0.15) is 46.5 Å². The first-order valence-corrected chi connectivity index (χ1v) is 7.26. The molecule has 0 aromatic heterocycles. The van der Waals surface area contributed by atoms with Gasteiger partial charge >= 0.3 is 0 Å². The second-order valence-electron chi connectivity index (χ2n) is 5.67. The molecule has 1 aliphatic rings. The van der Waals surface area contributed by atoms with E-state index in [1.54, 1.807) is 0 Å². The van der Waals surface area contributed by atoms with Crippen LogP contribution in [0.5, 0.6) is 0 Å². The molecular formula is C14H30N2O. The molecule has 1 heterocycles. The average Bonchev–Trinajstić information content (AvgIpc) is 2.52. The molecule has 1 fully saturated rings. The maximum Gasteiger partial charge on any atom is 0.0587 e. The highest BCUT2D eigenvalue weighted by Gasteiger charge is 2.20. The fourth-order valence-corrected chi connectivity index (χ4v) is 2.62. The van der Waals surface area contributed by atoms with Gasteiger partial charge in [-0.05, 0) is 51.2 Å². The van der Waals surface area contributed by atoms with E-state index in [1.807, 2.05) is 0 Å². The van der Waals surface area contributed by atoms with Crippen LogP contribution in [-0.4, -0.2) is 48.3 Å². The van der Waals surface area contributed by atoms with Gasteiger partial charge < -0.3 is 15.3 Å². The van der Waals surface area contributed by atoms with Crippen LogP contribution in [0.25, 0.3) is 0 Å². The van der Waals surface area contributed by atoms with Crippen LogP contribution in [0.2, 0.25) is 0 Å². The molecule has 2 atom stereocenters. The zero-order valence-electron chi connectivity index (χ0n) is 11.8. The van der Waals surface area contributed by atoms with Gasteiger partial charge in [-0.25, -0.2) is 0 Å². The molecule has 0 aromatic carbocycles. The summed E-state index contributed by atoms with van der Waals surface area (Å²) in [5.74, 6) is 0.509. The molecule has 1 aliphatic heterocycles. The molecule has 3 nitrogen and oxygen atoms in total. The van der Waals surface area contributed by atoms with Crippen LogP contribution in [0.4, 0.5) is 0 Å². The largest absolute Gasteiger partial charge is 0.395 e. The summed E-state index contributed by atoms with van der Waals surface area (Å²) in [5.41, 5.74) is 0. The second-order valence-corrected chi connectivity index (χ2v) is 5.67. The fourth-order valence-electron chi connectivity index (χ4n) is 2.62. The van der Waals surface area contributed by atoms with Crippen LogP contribution in [0.3, 0.4) is 0 Å². The van der Waals surface area contributed by atoms with Gasteiger partial charge in [0.2, 0.25) is 0 Å². The number of hydrogen-bond acceptors (Lipinski definition) is 3. The highest BCUT2D eigenvalue weighted by molar-refractivity contribution is 4.80. The first-order chi connectivity index (χ1) is 8.17. The van der Waals surface area contributed by atoms with E-state index in [0.29, 0.717) is 12.0 Å². The summed E-state index contributed by atoms with van der Waals surface area (Å²) in [6.45, 7) is 10.6. The summed E-state index contributed by atoms with van der Waals surface area (Å²) in [5, 5.41) is 13.0. The van der Waals surface area contributed by atoms with E-state index in [1.165, 1.54) is 45.3 Å². The average molecular weight is 242 g/mol. The molecular weight excluding hydrogens is 212 g/mol. The lowest BCUT2D eigenvalue weighted by molar-refractivity contribution is 0.194. The lowest BCUT2D eigenvalue weighted by Crippen LogP contribution is -2.44. The Morgan fingerprint density at radius 3 is 2.65 bits per heavy atom. The highest BCUT2D eigenvalue weighted by atomic mass is 16.3. The molecule has 0 bridgehead atoms. The Bertz CT molecular complexity index is 197. The van der Waals surface area contributed by atoms with Crippen molar-refractivity contribution in [2.45, 2.75) is 58.5 Å². The molecule has 0 aliphatic carbocycles. The molecule has 1 rings (SSSR count). The van der Waals surface area contributed by atoms with Crippen molar-refractivity contribution in [3.63, 3.8) is 0 Å². The molecule has 0 radical (unpaired) electrons. The molecule has 2 N–H and O–H groups in total. The van der Waals surface area contributed by atoms with Crippen LogP contribution >= 0.6 is 0 Å². The Labute approximate surface area is 107 Å². The van der Waals surface area contributed by atoms with E-state index in [2.05, 4.69) is 31.0 Å². The van der Waals surface area contributed by atoms with Gasteiger partial charge in [-0.2, -0.15) is 0 Å². The topological polar surface area (TPSA) is 35.5 Å². The van der Waals surface area contributed by atoms with Gasteiger partial charge in [-0.3, -0.25) is 0 Å². The number of nitrogens with one attached hydrogen (secondary N) is 1. The summed E-state index contributed by atoms with van der Waals surface area (Å²) < 4.78 is 0. The summed E-state index contributed by atoms with van der Waals surface area (Å²) in [6.07, 6.45) is 5.02. The monoisotopic (exact) mass is 242 g/mol. The molecule has 102 valence electrons. The molecule has 2 unspecified atom stereocenters. The van der Waals surface area contributed by atoms with Gasteiger partial charge in [0.25, 0.3) is 0 Å². The van der Waals surface area contributed by atoms with E-state index in [-0.39, 0.29) is 12.6 Å². The standard InChI is InChI=1S/C14H30N2O/c1-4-8-16-9-5-6-13(7-10-16)15-14(11-17)12(2)3/h12-15,17H,4-11H2,1-3H3. The SMILES string of the molecule is CCCN1CCCC(NC(CO)C(C)C)CC1. The van der Waals surface area contributed by atoms with Crippen molar-refractivity contribution < 1.29 is 5.11 Å². The van der Waals surface area contributed by atoms with Gasteiger partial charge in [0.05, 0.1) is 6.61 Å². The van der Waals surface area contributed by atoms with Crippen molar-refractivity contribution in [2.75, 3.05) is 26.2 Å². The van der Waals surface area contributed by atoms with Crippen molar-refractivity contribution in [1.29, 1.82) is 0 Å². The van der Waals surface area contributed by atoms with Crippen molar-refractivity contribution in [1.82, 2.24) is 10.2 Å². The van der Waals surface area contributed by atoms with Crippen molar-refractivity contribution >= 4 is 0 Å². The number of nitrogens with zero attached hydrogens (tertiary/aromatic N) is 1. The first kappa shape index (κ1) is 14.9. The lowest BCUT2D eigenvalue weighted by atomic mass is 10.0. The first-order valence-electron chi connectivity index (χ1n) is 7.26. The minimum Gasteiger partial charge on any atom is -0.395 e. The number of likely N-dealkylation sites (tertiary alicyclic amines) is 1. The van der Waals surface area contributed by atoms with Gasteiger partial charge in [0.1, 0.15) is 0 Å². The zero-order chi connectivity index (χ0) is 12.7. The van der Waals surface area contributed by atoms with Crippen LogP contribution in [0, 0.1) is 5.92 Å². The van der Waals surface area contributed by atoms with Crippen molar-refractivity contribution in [2.24, 2.45) is 5.92 Å². The minimum absolute atomic E-state index is 0.257. The van der Waals surface area contributed by atoms with E-state index < -0.39 is 0 Å². The lowest BCUT2D eigenvalue weighted by Gasteiger charge is -2.26. The third-order valence-corrected chi connectivity index (χ3v) is 3.81. The predicted octanol–water partition coefficient (Wildman–Crippen LogP) is 1.86.